The molecule has 0 fully saturated rings. The van der Waals surface area contributed by atoms with Gasteiger partial charge in [0.1, 0.15) is 31.1 Å². The molecule has 1 rings (SSSR count). The fourth-order valence-corrected chi connectivity index (χ4v) is 6.46. The van der Waals surface area contributed by atoms with Gasteiger partial charge < -0.3 is 65.6 Å². The van der Waals surface area contributed by atoms with Crippen LogP contribution in [-0.4, -0.2) is 191 Å². The molecule has 3 atom stereocenters. The fourth-order valence-electron chi connectivity index (χ4n) is 5.70. The van der Waals surface area contributed by atoms with Crippen molar-refractivity contribution in [3.05, 3.63) is 5.82 Å². The number of aromatic amines is 1. The van der Waals surface area contributed by atoms with Crippen LogP contribution >= 0.6 is 24.6 Å². The lowest BCUT2D eigenvalue weighted by molar-refractivity contribution is -0.145. The quantitative estimate of drug-likeness (QED) is 0.0190. The molecule has 10 N–H and O–H groups in total. The number of thiol groups is 1. The van der Waals surface area contributed by atoms with E-state index in [1.54, 1.807) is 0 Å². The number of amides is 6. The lowest BCUT2D eigenvalue weighted by atomic mass is 9.94. The summed E-state index contributed by atoms with van der Waals surface area (Å²) in [6, 6.07) is -2.57. The van der Waals surface area contributed by atoms with Crippen molar-refractivity contribution in [2.24, 2.45) is 5.92 Å². The number of carboxylic acid groups (broad SMARTS) is 3. The zero-order valence-electron chi connectivity index (χ0n) is 38.4. The number of H-pyrrole nitrogens is 1. The highest BCUT2D eigenvalue weighted by Gasteiger charge is 2.25. The van der Waals surface area contributed by atoms with Crippen LogP contribution in [-0.2, 0) is 73.3 Å². The number of nitrogens with one attached hydrogen (secondary N) is 7. The molecule has 69 heavy (non-hydrogen) atoms. The predicted octanol–water partition coefficient (Wildman–Crippen LogP) is -2.06. The van der Waals surface area contributed by atoms with Crippen molar-refractivity contribution in [3.63, 3.8) is 0 Å². The second-order valence-corrected chi connectivity index (χ2v) is 16.2. The molecule has 390 valence electrons. The van der Waals surface area contributed by atoms with Crippen LogP contribution in [0.25, 0.3) is 0 Å². The SMILES string of the molecule is O=C(CCC(NC(=O)COCCOCCNC(=O)CCCSNC(=O)CCCc1nn[nH]n1)C(=O)O)CC(CCC(=O)NCCOCCOCC(=O)NC(CCCCNC(=O)CS)C(=O)O)C(=O)O. The van der Waals surface area contributed by atoms with Crippen LogP contribution in [0.5, 0.6) is 0 Å². The Morgan fingerprint density at radius 1 is 0.580 bits per heavy atom. The van der Waals surface area contributed by atoms with Crippen molar-refractivity contribution in [3.8, 4) is 0 Å². The van der Waals surface area contributed by atoms with Crippen molar-refractivity contribution >= 4 is 83.7 Å². The van der Waals surface area contributed by atoms with Gasteiger partial charge in [0, 0.05) is 63.9 Å². The highest BCUT2D eigenvalue weighted by Crippen LogP contribution is 2.15. The molecule has 0 aliphatic carbocycles. The normalized spacial score (nSPS) is 12.2. The number of unbranched alkanes of at least 4 members (excludes halogenated alkanes) is 1. The molecule has 1 aromatic heterocycles. The fraction of sp³-hybridized carbons (Fsp3) is 0.725. The first kappa shape index (κ1) is 61.5. The number of hydrogen-bond donors (Lipinski definition) is 11. The highest BCUT2D eigenvalue weighted by atomic mass is 32.2. The Kier molecular flexibility index (Phi) is 35.1. The van der Waals surface area contributed by atoms with Crippen molar-refractivity contribution in [1.29, 1.82) is 0 Å². The van der Waals surface area contributed by atoms with E-state index in [0.29, 0.717) is 56.6 Å². The van der Waals surface area contributed by atoms with Crippen molar-refractivity contribution < 1.29 is 82.2 Å². The maximum atomic E-state index is 12.6. The van der Waals surface area contributed by atoms with E-state index in [1.165, 1.54) is 11.9 Å². The summed E-state index contributed by atoms with van der Waals surface area (Å²) >= 11 is 5.07. The number of ketones is 1. The zero-order chi connectivity index (χ0) is 51.1. The number of carboxylic acids is 3. The number of carbonyl (C=O) groups is 10. The van der Waals surface area contributed by atoms with Gasteiger partial charge in [-0.3, -0.25) is 38.4 Å². The molecule has 0 aromatic carbocycles. The molecular formula is C40H66N10O17S2. The standard InChI is InChI=1S/C40H66N10O17S2/c51-28(23-27(38(58)59)9-12-33(53)43-15-17-65-19-20-66-24-35(55)44-29(39(60)61)5-1-2-13-41-37(57)26-68)10-11-30(40(62)63)45-36(56)25-67-21-18-64-16-14-42-32(52)8-4-22-69-48-34(54)7-3-6-31-46-49-50-47-31/h27,29-30,68H,1-26H2,(H,41,57)(H,42,52)(H,43,53)(H,44,55)(H,45,56)(H,48,54)(H,58,59)(H,60,61)(H,62,63)(H,46,47,49,50). The number of Topliss-reactive ketones (excluding diaryl/α,β-unsaturated/α-hetero) is 1. The van der Waals surface area contributed by atoms with Gasteiger partial charge in [0.05, 0.1) is 51.3 Å². The molecule has 0 radical (unpaired) electrons. The molecule has 1 aromatic rings. The minimum absolute atomic E-state index is 0.00410. The summed E-state index contributed by atoms with van der Waals surface area (Å²) in [7, 11) is 0. The Hall–Kier alpha value is -5.49. The summed E-state index contributed by atoms with van der Waals surface area (Å²) in [6.45, 7) is 0.109. The van der Waals surface area contributed by atoms with Crippen LogP contribution in [0.1, 0.15) is 82.9 Å². The van der Waals surface area contributed by atoms with Gasteiger partial charge in [-0.05, 0) is 44.9 Å². The van der Waals surface area contributed by atoms with Gasteiger partial charge in [0.25, 0.3) is 0 Å². The van der Waals surface area contributed by atoms with Crippen LogP contribution in [0, 0.1) is 5.92 Å². The average molecular weight is 1020 g/mol. The molecule has 6 amide bonds. The lowest BCUT2D eigenvalue weighted by Gasteiger charge is -2.15. The van der Waals surface area contributed by atoms with Crippen LogP contribution in [0.3, 0.4) is 0 Å². The second kappa shape index (κ2) is 39.4. The van der Waals surface area contributed by atoms with Gasteiger partial charge in [-0.2, -0.15) is 17.8 Å². The first-order valence-electron chi connectivity index (χ1n) is 22.2. The number of aromatic nitrogens is 4. The highest BCUT2D eigenvalue weighted by molar-refractivity contribution is 7.97. The van der Waals surface area contributed by atoms with Gasteiger partial charge in [-0.1, -0.05) is 17.2 Å². The Morgan fingerprint density at radius 2 is 1.14 bits per heavy atom. The van der Waals surface area contributed by atoms with Crippen LogP contribution < -0.4 is 31.3 Å². The maximum absolute atomic E-state index is 12.6. The average Bonchev–Trinajstić information content (AvgIpc) is 3.83. The maximum Gasteiger partial charge on any atom is 0.326 e. The Balaban J connectivity index is 2.13. The number of carbonyl (C=O) groups excluding carboxylic acids is 7. The smallest absolute Gasteiger partial charge is 0.326 e. The Labute approximate surface area is 408 Å². The van der Waals surface area contributed by atoms with Gasteiger partial charge >= 0.3 is 17.9 Å². The summed E-state index contributed by atoms with van der Waals surface area (Å²) < 4.78 is 23.8. The van der Waals surface area contributed by atoms with Crippen LogP contribution in [0.15, 0.2) is 0 Å². The van der Waals surface area contributed by atoms with Gasteiger partial charge in [-0.25, -0.2) is 9.59 Å². The number of rotatable bonds is 44. The van der Waals surface area contributed by atoms with E-state index in [1.807, 2.05) is 0 Å². The third-order valence-electron chi connectivity index (χ3n) is 9.28. The summed E-state index contributed by atoms with van der Waals surface area (Å²) in [5.41, 5.74) is 0. The number of nitrogens with zero attached hydrogens (tertiary/aromatic N) is 3. The molecule has 3 unspecified atom stereocenters. The minimum Gasteiger partial charge on any atom is -0.481 e. The third kappa shape index (κ3) is 34.4. The van der Waals surface area contributed by atoms with Crippen LogP contribution in [0.4, 0.5) is 0 Å². The molecular weight excluding hydrogens is 957 g/mol. The molecule has 0 spiro atoms. The number of aryl methyl sites for hydroxylation is 1. The van der Waals surface area contributed by atoms with E-state index < -0.39 is 79.0 Å². The minimum atomic E-state index is -1.45. The van der Waals surface area contributed by atoms with E-state index >= 15 is 0 Å². The predicted molar refractivity (Wildman–Crippen MR) is 245 cm³/mol. The van der Waals surface area contributed by atoms with Gasteiger partial charge in [-0.15, -0.1) is 10.2 Å². The van der Waals surface area contributed by atoms with Gasteiger partial charge in [0.15, 0.2) is 5.82 Å². The Bertz CT molecular complexity index is 1730. The summed E-state index contributed by atoms with van der Waals surface area (Å²) in [4.78, 5) is 119. The number of tetrazole rings is 1. The first-order valence-corrected chi connectivity index (χ1v) is 23.9. The zero-order valence-corrected chi connectivity index (χ0v) is 40.1. The van der Waals surface area contributed by atoms with Crippen molar-refractivity contribution in [2.45, 2.75) is 95.6 Å². The van der Waals surface area contributed by atoms with Crippen molar-refractivity contribution in [2.75, 3.05) is 84.0 Å². The molecule has 27 nitrogen and oxygen atoms in total. The van der Waals surface area contributed by atoms with E-state index in [-0.39, 0.29) is 115 Å². The number of aliphatic carboxylic acids is 3. The van der Waals surface area contributed by atoms with Crippen molar-refractivity contribution in [1.82, 2.24) is 51.9 Å². The first-order chi connectivity index (χ1) is 33.1. The lowest BCUT2D eigenvalue weighted by Crippen LogP contribution is -2.43. The Morgan fingerprint density at radius 3 is 1.71 bits per heavy atom. The van der Waals surface area contributed by atoms with E-state index in [0.717, 1.165) is 0 Å². The molecule has 0 aliphatic heterocycles. The third-order valence-corrected chi connectivity index (χ3v) is 10.4. The monoisotopic (exact) mass is 1020 g/mol. The second-order valence-electron chi connectivity index (χ2n) is 15.0. The summed E-state index contributed by atoms with van der Waals surface area (Å²) in [5.74, 6) is -7.03. The molecule has 0 saturated heterocycles. The molecule has 0 bridgehead atoms. The molecule has 29 heteroatoms. The number of ether oxygens (including phenoxy) is 4. The largest absolute Gasteiger partial charge is 0.481 e. The van der Waals surface area contributed by atoms with E-state index in [9.17, 15) is 63.3 Å². The molecule has 1 heterocycles. The molecule has 0 saturated carbocycles. The van der Waals surface area contributed by atoms with E-state index in [4.69, 9.17) is 18.9 Å². The van der Waals surface area contributed by atoms with Gasteiger partial charge in [0.2, 0.25) is 35.4 Å². The van der Waals surface area contributed by atoms with Crippen LogP contribution in [0.2, 0.25) is 0 Å². The summed E-state index contributed by atoms with van der Waals surface area (Å²) in [6.07, 6.45) is 1.84. The summed E-state index contributed by atoms with van der Waals surface area (Å²) in [5, 5.41) is 54.4. The molecule has 0 aliphatic rings. The number of hydrogen-bond acceptors (Lipinski definition) is 19. The topological polar surface area (TPSA) is 395 Å². The van der Waals surface area contributed by atoms with E-state index in [2.05, 4.69) is 64.6 Å².